The van der Waals surface area contributed by atoms with Crippen LogP contribution in [0.1, 0.15) is 0 Å². The molecule has 0 spiro atoms. The highest BCUT2D eigenvalue weighted by molar-refractivity contribution is 9.10. The van der Waals surface area contributed by atoms with Crippen molar-refractivity contribution < 1.29 is 9.66 Å². The van der Waals surface area contributed by atoms with Gasteiger partial charge >= 0.3 is 5.69 Å². The maximum Gasteiger partial charge on any atom is 0.312 e. The number of rotatable bonds is 3. The predicted molar refractivity (Wildman–Crippen MR) is 67.9 cm³/mol. The zero-order chi connectivity index (χ0) is 13.1. The average molecular weight is 331 g/mol. The Morgan fingerprint density at radius 2 is 2.06 bits per heavy atom. The van der Waals surface area contributed by atoms with E-state index in [9.17, 15) is 10.1 Å². The van der Waals surface area contributed by atoms with Crippen LogP contribution in [0.15, 0.2) is 35.1 Å². The zero-order valence-corrected chi connectivity index (χ0v) is 11.1. The largest absolute Gasteiger partial charge is 0.428 e. The normalized spacial score (nSPS) is 10.1. The third kappa shape index (κ3) is 2.57. The van der Waals surface area contributed by atoms with Crippen LogP contribution < -0.4 is 4.74 Å². The highest BCUT2D eigenvalue weighted by atomic mass is 79.9. The molecule has 18 heavy (non-hydrogen) atoms. The lowest BCUT2D eigenvalue weighted by Crippen LogP contribution is -1.96. The summed E-state index contributed by atoms with van der Waals surface area (Å²) in [5, 5.41) is 10.9. The molecular weight excluding hydrogens is 325 g/mol. The van der Waals surface area contributed by atoms with E-state index in [-0.39, 0.29) is 22.5 Å². The van der Waals surface area contributed by atoms with Crippen molar-refractivity contribution in [2.75, 3.05) is 0 Å². The topological polar surface area (TPSA) is 78.2 Å². The van der Waals surface area contributed by atoms with Gasteiger partial charge in [0.05, 0.1) is 9.40 Å². The minimum atomic E-state index is -0.551. The third-order valence-electron chi connectivity index (χ3n) is 1.96. The second-order valence-electron chi connectivity index (χ2n) is 3.10. The van der Waals surface area contributed by atoms with E-state index < -0.39 is 4.92 Å². The lowest BCUT2D eigenvalue weighted by atomic mass is 10.3. The number of hydrogen-bond donors (Lipinski definition) is 0. The smallest absolute Gasteiger partial charge is 0.312 e. The summed E-state index contributed by atoms with van der Waals surface area (Å²) in [4.78, 5) is 18.0. The van der Waals surface area contributed by atoms with Gasteiger partial charge in [0, 0.05) is 18.5 Å². The second-order valence-corrected chi connectivity index (χ2v) is 4.31. The molecule has 0 amide bonds. The van der Waals surface area contributed by atoms with E-state index in [1.54, 1.807) is 6.07 Å². The van der Waals surface area contributed by atoms with Gasteiger partial charge in [0.2, 0.25) is 5.75 Å². The van der Waals surface area contributed by atoms with Crippen LogP contribution >= 0.6 is 27.5 Å². The van der Waals surface area contributed by atoms with Crippen molar-refractivity contribution in [3.63, 3.8) is 0 Å². The van der Waals surface area contributed by atoms with Crippen LogP contribution in [0.5, 0.6) is 11.6 Å². The molecule has 1 aromatic carbocycles. The Morgan fingerprint density at radius 1 is 1.33 bits per heavy atom. The maximum atomic E-state index is 10.9. The van der Waals surface area contributed by atoms with E-state index in [4.69, 9.17) is 16.3 Å². The van der Waals surface area contributed by atoms with Gasteiger partial charge in [0.25, 0.3) is 5.88 Å². The molecule has 0 atom stereocenters. The third-order valence-corrected chi connectivity index (χ3v) is 2.85. The van der Waals surface area contributed by atoms with Gasteiger partial charge in [-0.1, -0.05) is 17.7 Å². The minimum absolute atomic E-state index is 0.00849. The van der Waals surface area contributed by atoms with Crippen molar-refractivity contribution in [1.29, 1.82) is 0 Å². The first-order valence-electron chi connectivity index (χ1n) is 4.67. The lowest BCUT2D eigenvalue weighted by Gasteiger charge is -2.07. The molecule has 0 saturated heterocycles. The fraction of sp³-hybridized carbons (Fsp3) is 0. The molecule has 0 radical (unpaired) electrons. The van der Waals surface area contributed by atoms with Gasteiger partial charge in [-0.2, -0.15) is 0 Å². The fourth-order valence-electron chi connectivity index (χ4n) is 1.22. The summed E-state index contributed by atoms with van der Waals surface area (Å²) >= 11 is 8.95. The summed E-state index contributed by atoms with van der Waals surface area (Å²) in [6.45, 7) is 0. The van der Waals surface area contributed by atoms with Crippen LogP contribution in [-0.4, -0.2) is 14.9 Å². The molecule has 1 heterocycles. The van der Waals surface area contributed by atoms with Gasteiger partial charge in [0.1, 0.15) is 0 Å². The molecule has 2 rings (SSSR count). The minimum Gasteiger partial charge on any atom is -0.428 e. The number of ether oxygens (including phenoxy) is 1. The monoisotopic (exact) mass is 329 g/mol. The highest BCUT2D eigenvalue weighted by Gasteiger charge is 2.20. The van der Waals surface area contributed by atoms with Gasteiger partial charge in [-0.3, -0.25) is 10.1 Å². The van der Waals surface area contributed by atoms with Crippen LogP contribution in [0, 0.1) is 10.1 Å². The molecule has 0 saturated carbocycles. The maximum absolute atomic E-state index is 10.9. The van der Waals surface area contributed by atoms with E-state index >= 15 is 0 Å². The molecule has 0 aliphatic heterocycles. The van der Waals surface area contributed by atoms with Gasteiger partial charge in [0.15, 0.2) is 5.15 Å². The molecule has 0 N–H and O–H groups in total. The average Bonchev–Trinajstić information content (AvgIpc) is 2.34. The van der Waals surface area contributed by atoms with Crippen molar-refractivity contribution in [3.05, 3.63) is 50.3 Å². The van der Waals surface area contributed by atoms with E-state index in [1.165, 1.54) is 24.5 Å². The molecule has 2 aromatic rings. The molecule has 0 bridgehead atoms. The summed E-state index contributed by atoms with van der Waals surface area (Å²) < 4.78 is 5.77. The Balaban J connectivity index is 2.46. The van der Waals surface area contributed by atoms with Gasteiger partial charge in [-0.25, -0.2) is 9.97 Å². The number of nitro groups is 1. The summed E-state index contributed by atoms with van der Waals surface area (Å²) in [5.74, 6) is 0.0408. The fourth-order valence-corrected chi connectivity index (χ4v) is 1.80. The van der Waals surface area contributed by atoms with Gasteiger partial charge < -0.3 is 4.74 Å². The number of nitrogens with zero attached hydrogens (tertiary/aromatic N) is 3. The number of nitro benzene ring substituents is 1. The Morgan fingerprint density at radius 3 is 2.72 bits per heavy atom. The molecule has 92 valence electrons. The number of para-hydroxylation sites is 1. The Labute approximate surface area is 115 Å². The Kier molecular flexibility index (Phi) is 3.73. The van der Waals surface area contributed by atoms with E-state index in [0.29, 0.717) is 4.47 Å². The van der Waals surface area contributed by atoms with E-state index in [2.05, 4.69) is 25.9 Å². The molecule has 6 nitrogen and oxygen atoms in total. The molecule has 0 unspecified atom stereocenters. The highest BCUT2D eigenvalue weighted by Crippen LogP contribution is 2.38. The van der Waals surface area contributed by atoms with Crippen molar-refractivity contribution in [2.24, 2.45) is 0 Å². The van der Waals surface area contributed by atoms with Crippen LogP contribution in [0.25, 0.3) is 0 Å². The van der Waals surface area contributed by atoms with Crippen molar-refractivity contribution in [1.82, 2.24) is 9.97 Å². The SMILES string of the molecule is O=[N+]([O-])c1cccc(Br)c1Oc1nccnc1Cl. The number of aromatic nitrogens is 2. The summed E-state index contributed by atoms with van der Waals surface area (Å²) in [6, 6.07) is 4.48. The molecule has 1 aromatic heterocycles. The van der Waals surface area contributed by atoms with Crippen molar-refractivity contribution >= 4 is 33.2 Å². The predicted octanol–water partition coefficient (Wildman–Crippen LogP) is 3.59. The van der Waals surface area contributed by atoms with E-state index in [0.717, 1.165) is 0 Å². The molecule has 0 aliphatic rings. The quantitative estimate of drug-likeness (QED) is 0.635. The first-order valence-corrected chi connectivity index (χ1v) is 5.84. The van der Waals surface area contributed by atoms with Crippen LogP contribution in [0.3, 0.4) is 0 Å². The summed E-state index contributed by atoms with van der Waals surface area (Å²) in [5.41, 5.74) is -0.189. The van der Waals surface area contributed by atoms with Gasteiger partial charge in [-0.15, -0.1) is 0 Å². The lowest BCUT2D eigenvalue weighted by molar-refractivity contribution is -0.385. The van der Waals surface area contributed by atoms with Crippen LogP contribution in [0.2, 0.25) is 5.15 Å². The van der Waals surface area contributed by atoms with Crippen LogP contribution in [0.4, 0.5) is 5.69 Å². The molecular formula is C10H5BrClN3O3. The zero-order valence-electron chi connectivity index (χ0n) is 8.71. The van der Waals surface area contributed by atoms with E-state index in [1.807, 2.05) is 0 Å². The van der Waals surface area contributed by atoms with Crippen molar-refractivity contribution in [2.45, 2.75) is 0 Å². The summed E-state index contributed by atoms with van der Waals surface area (Å²) in [7, 11) is 0. The number of benzene rings is 1. The first kappa shape index (κ1) is 12.7. The molecule has 0 fully saturated rings. The van der Waals surface area contributed by atoms with Gasteiger partial charge in [-0.05, 0) is 22.0 Å². The molecule has 0 aliphatic carbocycles. The Hall–Kier alpha value is -1.73. The molecule has 8 heteroatoms. The van der Waals surface area contributed by atoms with Crippen molar-refractivity contribution in [3.8, 4) is 11.6 Å². The number of halogens is 2. The first-order chi connectivity index (χ1) is 8.59. The Bertz CT molecular complexity index is 609. The van der Waals surface area contributed by atoms with Crippen LogP contribution in [-0.2, 0) is 0 Å². The summed E-state index contributed by atoms with van der Waals surface area (Å²) in [6.07, 6.45) is 2.77. The second kappa shape index (κ2) is 5.28. The standard InChI is InChI=1S/C10H5BrClN3O3/c11-6-2-1-3-7(15(16)17)8(6)18-10-9(12)13-4-5-14-10/h1-5H. The number of hydrogen-bond acceptors (Lipinski definition) is 5.